The summed E-state index contributed by atoms with van der Waals surface area (Å²) in [5, 5.41) is 4.70. The molecular weight excluding hydrogens is 659 g/mol. The molecule has 0 saturated heterocycles. The Labute approximate surface area is 300 Å². The number of hydrogen-bond acceptors (Lipinski definition) is 6. The number of aromatic amines is 2. The van der Waals surface area contributed by atoms with Crippen molar-refractivity contribution in [2.75, 3.05) is 20.2 Å². The zero-order valence-electron chi connectivity index (χ0n) is 28.3. The van der Waals surface area contributed by atoms with Crippen molar-refractivity contribution in [1.29, 1.82) is 0 Å². The van der Waals surface area contributed by atoms with Crippen LogP contribution < -0.4 is 5.32 Å². The van der Waals surface area contributed by atoms with Crippen LogP contribution in [0.3, 0.4) is 0 Å². The molecule has 4 aromatic carbocycles. The Morgan fingerprint density at radius 1 is 0.804 bits per heavy atom. The zero-order chi connectivity index (χ0) is 35.2. The lowest BCUT2D eigenvalue weighted by Crippen LogP contribution is -2.40. The third kappa shape index (κ3) is 7.73. The predicted octanol–water partition coefficient (Wildman–Crippen LogP) is 8.41. The first kappa shape index (κ1) is 33.4. The van der Waals surface area contributed by atoms with Crippen LogP contribution in [0.5, 0.6) is 0 Å². The van der Waals surface area contributed by atoms with Gasteiger partial charge in [-0.05, 0) is 82.2 Å². The van der Waals surface area contributed by atoms with Crippen LogP contribution in [-0.4, -0.2) is 61.0 Å². The van der Waals surface area contributed by atoms with Gasteiger partial charge in [-0.1, -0.05) is 73.7 Å². The van der Waals surface area contributed by atoms with Crippen LogP contribution >= 0.6 is 11.9 Å². The number of alkyl carbamates (subject to hydrolysis) is 1. The molecule has 0 aliphatic heterocycles. The third-order valence-electron chi connectivity index (χ3n) is 8.54. The molecule has 3 aromatic heterocycles. The molecule has 0 radical (unpaired) electrons. The number of fused-ring (bicyclic) bond motifs is 1. The summed E-state index contributed by atoms with van der Waals surface area (Å²) in [4.78, 5) is 43.0. The summed E-state index contributed by atoms with van der Waals surface area (Å²) in [5.74, 6) is 1.29. The number of carbonyl (C=O) groups is 2. The first-order chi connectivity index (χ1) is 25.0. The van der Waals surface area contributed by atoms with Crippen LogP contribution in [0.25, 0.3) is 55.9 Å². The fraction of sp³-hybridized carbons (Fsp3) is 0.150. The molecule has 0 spiro atoms. The molecule has 3 N–H and O–H groups in total. The second-order valence-electron chi connectivity index (χ2n) is 12.0. The summed E-state index contributed by atoms with van der Waals surface area (Å²) in [6, 6.07) is 35.7. The molecular formula is C40H37N7O3S. The molecule has 10 nitrogen and oxygen atoms in total. The molecule has 2 amide bonds. The molecule has 256 valence electrons. The predicted molar refractivity (Wildman–Crippen MR) is 202 cm³/mol. The molecule has 3 heterocycles. The Kier molecular flexibility index (Phi) is 9.98. The van der Waals surface area contributed by atoms with Gasteiger partial charge in [0.1, 0.15) is 12.4 Å². The molecule has 51 heavy (non-hydrogen) atoms. The first-order valence-corrected chi connectivity index (χ1v) is 17.5. The summed E-state index contributed by atoms with van der Waals surface area (Å²) in [7, 11) is 1.27. The number of imidazole rings is 2. The van der Waals surface area contributed by atoms with E-state index in [-0.39, 0.29) is 12.5 Å². The highest BCUT2D eigenvalue weighted by Crippen LogP contribution is 2.31. The van der Waals surface area contributed by atoms with Gasteiger partial charge in [-0.3, -0.25) is 8.77 Å². The molecule has 0 fully saturated rings. The zero-order valence-corrected chi connectivity index (χ0v) is 29.1. The van der Waals surface area contributed by atoms with Gasteiger partial charge >= 0.3 is 6.09 Å². The monoisotopic (exact) mass is 695 g/mol. The van der Waals surface area contributed by atoms with Crippen LogP contribution in [0, 0.1) is 0 Å². The Hall–Kier alpha value is -6.07. The van der Waals surface area contributed by atoms with Gasteiger partial charge in [0, 0.05) is 23.2 Å². The van der Waals surface area contributed by atoms with E-state index in [9.17, 15) is 9.59 Å². The van der Waals surface area contributed by atoms with Gasteiger partial charge in [0.25, 0.3) is 0 Å². The van der Waals surface area contributed by atoms with Crippen molar-refractivity contribution >= 4 is 34.7 Å². The minimum absolute atomic E-state index is 0.132. The highest BCUT2D eigenvalue weighted by molar-refractivity contribution is 7.98. The van der Waals surface area contributed by atoms with Crippen molar-refractivity contribution in [2.24, 2.45) is 0 Å². The smallest absolute Gasteiger partial charge is 0.407 e. The van der Waals surface area contributed by atoms with Gasteiger partial charge in [-0.15, -0.1) is 0 Å². The number of ether oxygens (including phenoxy) is 1. The highest BCUT2D eigenvalue weighted by atomic mass is 32.2. The van der Waals surface area contributed by atoms with Gasteiger partial charge in [-0.2, -0.15) is 0 Å². The number of amides is 2. The minimum atomic E-state index is -0.637. The number of carbonyl (C=O) groups excluding carboxylic acids is 2. The van der Waals surface area contributed by atoms with Crippen LogP contribution in [0.4, 0.5) is 4.79 Å². The van der Waals surface area contributed by atoms with Gasteiger partial charge in [0.2, 0.25) is 5.91 Å². The number of benzene rings is 4. The van der Waals surface area contributed by atoms with Crippen molar-refractivity contribution in [3.63, 3.8) is 0 Å². The maximum atomic E-state index is 12.7. The summed E-state index contributed by atoms with van der Waals surface area (Å²) < 4.78 is 6.70. The standard InChI is InChI=1S/C40H37N7O3S/c1-3-19-46(38(48)25-43-40(49)50-2)26-37-41-23-35(44-37)32-18-17-30-21-29(15-16-31(30)22-32)27-11-13-28(14-12-27)34-24-42-39(45-34)36-10-7-20-47(36)51-33-8-5-4-6-9-33/h4-18,20-24H,3,19,25-26H2,1-2H3,(H,41,44)(H,42,45)(H,43,49). The lowest BCUT2D eigenvalue weighted by molar-refractivity contribution is -0.130. The molecule has 7 aromatic rings. The summed E-state index contributed by atoms with van der Waals surface area (Å²) in [6.07, 6.45) is 5.87. The van der Waals surface area contributed by atoms with Crippen LogP contribution in [0.1, 0.15) is 19.2 Å². The highest BCUT2D eigenvalue weighted by Gasteiger charge is 2.17. The first-order valence-electron chi connectivity index (χ1n) is 16.7. The van der Waals surface area contributed by atoms with E-state index >= 15 is 0 Å². The molecule has 0 bridgehead atoms. The number of aromatic nitrogens is 5. The fourth-order valence-electron chi connectivity index (χ4n) is 5.92. The Balaban J connectivity index is 1.02. The topological polar surface area (TPSA) is 121 Å². The molecule has 0 unspecified atom stereocenters. The second kappa shape index (κ2) is 15.2. The van der Waals surface area contributed by atoms with E-state index < -0.39 is 6.09 Å². The molecule has 11 heteroatoms. The minimum Gasteiger partial charge on any atom is -0.453 e. The SMILES string of the molecule is CCCN(Cc1ncc(-c2ccc3cc(-c4ccc(-c5cnc(-c6cccn6Sc6ccccc6)[nH]5)cc4)ccc3c2)[nH]1)C(=O)CNC(=O)OC. The van der Waals surface area contributed by atoms with Gasteiger partial charge in [0.05, 0.1) is 43.1 Å². The summed E-state index contributed by atoms with van der Waals surface area (Å²) in [6.45, 7) is 2.73. The summed E-state index contributed by atoms with van der Waals surface area (Å²) >= 11 is 1.66. The van der Waals surface area contributed by atoms with Crippen molar-refractivity contribution in [3.05, 3.63) is 128 Å². The molecule has 0 aliphatic carbocycles. The number of H-pyrrole nitrogens is 2. The van der Waals surface area contributed by atoms with E-state index in [4.69, 9.17) is 4.98 Å². The third-order valence-corrected chi connectivity index (χ3v) is 9.54. The van der Waals surface area contributed by atoms with E-state index in [1.165, 1.54) is 7.11 Å². The van der Waals surface area contributed by atoms with E-state index in [2.05, 4.69) is 108 Å². The number of hydrogen-bond donors (Lipinski definition) is 3. The van der Waals surface area contributed by atoms with Crippen LogP contribution in [-0.2, 0) is 16.1 Å². The van der Waals surface area contributed by atoms with E-state index in [1.54, 1.807) is 23.0 Å². The molecule has 0 atom stereocenters. The van der Waals surface area contributed by atoms with E-state index in [0.29, 0.717) is 18.9 Å². The largest absolute Gasteiger partial charge is 0.453 e. The van der Waals surface area contributed by atoms with Gasteiger partial charge in [-0.25, -0.2) is 14.8 Å². The lowest BCUT2D eigenvalue weighted by atomic mass is 9.98. The molecule has 7 rings (SSSR count). The lowest BCUT2D eigenvalue weighted by Gasteiger charge is -2.21. The second-order valence-corrected chi connectivity index (χ2v) is 13.1. The van der Waals surface area contributed by atoms with Gasteiger partial charge < -0.3 is 24.9 Å². The van der Waals surface area contributed by atoms with Crippen LogP contribution in [0.15, 0.2) is 127 Å². The number of rotatable bonds is 12. The average Bonchev–Trinajstić information content (AvgIpc) is 3.96. The Bertz CT molecular complexity index is 2270. The Morgan fingerprint density at radius 2 is 1.49 bits per heavy atom. The average molecular weight is 696 g/mol. The number of nitrogens with zero attached hydrogens (tertiary/aromatic N) is 4. The van der Waals surface area contributed by atoms with Crippen LogP contribution in [0.2, 0.25) is 0 Å². The van der Waals surface area contributed by atoms with Crippen molar-refractivity contribution < 1.29 is 14.3 Å². The van der Waals surface area contributed by atoms with Gasteiger partial charge in [0.15, 0.2) is 5.82 Å². The molecule has 0 saturated carbocycles. The van der Waals surface area contributed by atoms with Crippen molar-refractivity contribution in [1.82, 2.24) is 34.1 Å². The Morgan fingerprint density at radius 3 is 2.25 bits per heavy atom. The number of methoxy groups -OCH3 is 1. The molecule has 0 aliphatic rings. The normalized spacial score (nSPS) is 11.1. The fourth-order valence-corrected chi connectivity index (χ4v) is 6.80. The number of nitrogens with one attached hydrogen (secondary N) is 3. The van der Waals surface area contributed by atoms with E-state index in [1.807, 2.05) is 43.6 Å². The maximum Gasteiger partial charge on any atom is 0.407 e. The van der Waals surface area contributed by atoms with Crippen molar-refractivity contribution in [2.45, 2.75) is 24.8 Å². The quantitative estimate of drug-likeness (QED) is 0.118. The van der Waals surface area contributed by atoms with Crippen molar-refractivity contribution in [3.8, 4) is 45.2 Å². The van der Waals surface area contributed by atoms with E-state index in [0.717, 1.165) is 67.2 Å². The maximum absolute atomic E-state index is 12.7. The summed E-state index contributed by atoms with van der Waals surface area (Å²) in [5.41, 5.74) is 7.17.